The number of hydrogen-bond donors (Lipinski definition) is 2. The van der Waals surface area contributed by atoms with E-state index in [9.17, 15) is 0 Å². The number of nitrogen functional groups attached to an aromatic ring is 1. The number of hydrogen-bond acceptors (Lipinski definition) is 3. The van der Waals surface area contributed by atoms with E-state index in [1.165, 1.54) is 11.1 Å². The summed E-state index contributed by atoms with van der Waals surface area (Å²) in [7, 11) is 0. The fourth-order valence-corrected chi connectivity index (χ4v) is 3.08. The molecule has 5 heteroatoms. The van der Waals surface area contributed by atoms with E-state index in [0.717, 1.165) is 25.9 Å². The Hall–Kier alpha value is -2.07. The second-order valence-electron chi connectivity index (χ2n) is 5.20. The summed E-state index contributed by atoms with van der Waals surface area (Å²) in [5, 5.41) is 8.06. The van der Waals surface area contributed by atoms with Crippen LogP contribution in [0.25, 0.3) is 0 Å². The molecule has 3 rings (SSSR count). The van der Waals surface area contributed by atoms with Crippen LogP contribution in [-0.4, -0.2) is 17.4 Å². The van der Waals surface area contributed by atoms with Gasteiger partial charge >= 0.3 is 0 Å². The van der Waals surface area contributed by atoms with Crippen molar-refractivity contribution in [1.82, 2.24) is 4.98 Å². The predicted molar refractivity (Wildman–Crippen MR) is 86.1 cm³/mol. The average Bonchev–Trinajstić information content (AvgIpc) is 2.69. The Labute approximate surface area is 129 Å². The average molecular weight is 301 g/mol. The fraction of sp³-hybridized carbons (Fsp3) is 0.250. The third kappa shape index (κ3) is 2.72. The fourth-order valence-electron chi connectivity index (χ4n) is 2.74. The first-order chi connectivity index (χ1) is 10.2. The van der Waals surface area contributed by atoms with Gasteiger partial charge in [0.1, 0.15) is 11.7 Å². The first-order valence-corrected chi connectivity index (χ1v) is 7.35. The molecule has 108 valence electrons. The Morgan fingerprint density at radius 2 is 2.00 bits per heavy atom. The van der Waals surface area contributed by atoms with Crippen molar-refractivity contribution < 1.29 is 0 Å². The van der Waals surface area contributed by atoms with Crippen LogP contribution >= 0.6 is 11.6 Å². The molecule has 0 aliphatic carbocycles. The van der Waals surface area contributed by atoms with Crippen molar-refractivity contribution >= 4 is 23.3 Å². The van der Waals surface area contributed by atoms with E-state index in [2.05, 4.69) is 34.1 Å². The van der Waals surface area contributed by atoms with Crippen LogP contribution in [0.2, 0.25) is 5.02 Å². The summed E-state index contributed by atoms with van der Waals surface area (Å²) >= 11 is 6.39. The lowest BCUT2D eigenvalue weighted by Crippen LogP contribution is -2.25. The number of aryl methyl sites for hydroxylation is 1. The van der Waals surface area contributed by atoms with Gasteiger partial charge in [-0.15, -0.1) is 0 Å². The lowest BCUT2D eigenvalue weighted by atomic mass is 10.0. The van der Waals surface area contributed by atoms with Crippen molar-refractivity contribution in [2.45, 2.75) is 19.4 Å². The molecule has 0 atom stereocenters. The maximum absolute atomic E-state index is 7.59. The zero-order valence-electron chi connectivity index (χ0n) is 11.6. The molecule has 1 aliphatic rings. The quantitative estimate of drug-likeness (QED) is 0.662. The van der Waals surface area contributed by atoms with Gasteiger partial charge in [0.15, 0.2) is 0 Å². The SMILES string of the molecule is N=C(N)c1ccnc(N2CCCc3ccccc3C2)c1Cl. The first kappa shape index (κ1) is 13.9. The highest BCUT2D eigenvalue weighted by Crippen LogP contribution is 2.30. The number of fused-ring (bicyclic) bond motifs is 1. The summed E-state index contributed by atoms with van der Waals surface area (Å²) in [5.74, 6) is 0.681. The van der Waals surface area contributed by atoms with Crippen molar-refractivity contribution in [3.05, 3.63) is 58.2 Å². The minimum Gasteiger partial charge on any atom is -0.384 e. The number of anilines is 1. The molecule has 0 spiro atoms. The molecular weight excluding hydrogens is 284 g/mol. The number of aromatic nitrogens is 1. The van der Waals surface area contributed by atoms with Gasteiger partial charge in [0.2, 0.25) is 0 Å². The second kappa shape index (κ2) is 5.74. The number of rotatable bonds is 2. The molecule has 1 aromatic carbocycles. The third-order valence-electron chi connectivity index (χ3n) is 3.81. The highest BCUT2D eigenvalue weighted by Gasteiger charge is 2.19. The minimum absolute atomic E-state index is 0.0288. The van der Waals surface area contributed by atoms with Crippen LogP contribution in [0.15, 0.2) is 36.5 Å². The topological polar surface area (TPSA) is 66.0 Å². The highest BCUT2D eigenvalue weighted by atomic mass is 35.5. The first-order valence-electron chi connectivity index (χ1n) is 6.97. The zero-order chi connectivity index (χ0) is 14.8. The lowest BCUT2D eigenvalue weighted by molar-refractivity contribution is 0.755. The molecule has 3 N–H and O–H groups in total. The molecule has 2 aromatic rings. The third-order valence-corrected chi connectivity index (χ3v) is 4.19. The van der Waals surface area contributed by atoms with Crippen molar-refractivity contribution in [2.75, 3.05) is 11.4 Å². The smallest absolute Gasteiger partial charge is 0.148 e. The summed E-state index contributed by atoms with van der Waals surface area (Å²) < 4.78 is 0. The number of nitrogens with one attached hydrogen (secondary N) is 1. The van der Waals surface area contributed by atoms with Gasteiger partial charge in [0.25, 0.3) is 0 Å². The summed E-state index contributed by atoms with van der Waals surface area (Å²) in [5.41, 5.74) is 8.81. The number of benzene rings is 1. The van der Waals surface area contributed by atoms with Gasteiger partial charge in [-0.1, -0.05) is 35.9 Å². The van der Waals surface area contributed by atoms with Crippen LogP contribution < -0.4 is 10.6 Å². The lowest BCUT2D eigenvalue weighted by Gasteiger charge is -2.23. The van der Waals surface area contributed by atoms with Crippen molar-refractivity contribution in [2.24, 2.45) is 5.73 Å². The molecular formula is C16H17ClN4. The Morgan fingerprint density at radius 3 is 2.76 bits per heavy atom. The van der Waals surface area contributed by atoms with E-state index in [0.29, 0.717) is 16.4 Å². The number of pyridine rings is 1. The van der Waals surface area contributed by atoms with E-state index in [1.54, 1.807) is 12.3 Å². The van der Waals surface area contributed by atoms with E-state index < -0.39 is 0 Å². The molecule has 1 aromatic heterocycles. The molecule has 0 radical (unpaired) electrons. The van der Waals surface area contributed by atoms with Crippen molar-refractivity contribution in [3.63, 3.8) is 0 Å². The van der Waals surface area contributed by atoms with Crippen LogP contribution in [-0.2, 0) is 13.0 Å². The summed E-state index contributed by atoms with van der Waals surface area (Å²) in [6.07, 6.45) is 3.78. The standard InChI is InChI=1S/C16H17ClN4/c17-14-13(15(18)19)7-8-20-16(14)21-9-3-6-11-4-1-2-5-12(11)10-21/h1-2,4-5,7-8H,3,6,9-10H2,(H3,18,19). The van der Waals surface area contributed by atoms with Crippen LogP contribution in [0.1, 0.15) is 23.1 Å². The van der Waals surface area contributed by atoms with Crippen molar-refractivity contribution in [3.8, 4) is 0 Å². The minimum atomic E-state index is -0.0288. The van der Waals surface area contributed by atoms with Gasteiger partial charge in [-0.3, -0.25) is 5.41 Å². The number of halogens is 1. The molecule has 1 aliphatic heterocycles. The zero-order valence-corrected chi connectivity index (χ0v) is 12.4. The predicted octanol–water partition coefficient (Wildman–Crippen LogP) is 2.97. The Bertz CT molecular complexity index is 684. The second-order valence-corrected chi connectivity index (χ2v) is 5.58. The van der Waals surface area contributed by atoms with Crippen molar-refractivity contribution in [1.29, 1.82) is 5.41 Å². The number of nitrogens with zero attached hydrogens (tertiary/aromatic N) is 2. The Morgan fingerprint density at radius 1 is 1.24 bits per heavy atom. The molecule has 4 nitrogen and oxygen atoms in total. The number of amidine groups is 1. The molecule has 0 amide bonds. The molecule has 0 saturated carbocycles. The van der Waals surface area contributed by atoms with Crippen LogP contribution in [0.4, 0.5) is 5.82 Å². The maximum atomic E-state index is 7.59. The Kier molecular flexibility index (Phi) is 3.80. The van der Waals surface area contributed by atoms with Crippen LogP contribution in [0.5, 0.6) is 0 Å². The summed E-state index contributed by atoms with van der Waals surface area (Å²) in [6, 6.07) is 10.1. The van der Waals surface area contributed by atoms with E-state index in [4.69, 9.17) is 22.7 Å². The molecule has 0 fully saturated rings. The van der Waals surface area contributed by atoms with Gasteiger partial charge in [-0.2, -0.15) is 0 Å². The summed E-state index contributed by atoms with van der Waals surface area (Å²) in [6.45, 7) is 1.67. The van der Waals surface area contributed by atoms with E-state index >= 15 is 0 Å². The normalized spacial score (nSPS) is 14.4. The molecule has 21 heavy (non-hydrogen) atoms. The Balaban J connectivity index is 1.98. The van der Waals surface area contributed by atoms with Gasteiger partial charge in [0.05, 0.1) is 5.02 Å². The number of nitrogens with two attached hydrogens (primary N) is 1. The highest BCUT2D eigenvalue weighted by molar-refractivity contribution is 6.36. The van der Waals surface area contributed by atoms with Gasteiger partial charge in [-0.25, -0.2) is 4.98 Å². The van der Waals surface area contributed by atoms with Crippen LogP contribution in [0.3, 0.4) is 0 Å². The van der Waals surface area contributed by atoms with E-state index in [-0.39, 0.29) is 5.84 Å². The van der Waals surface area contributed by atoms with Gasteiger partial charge in [0, 0.05) is 24.8 Å². The monoisotopic (exact) mass is 300 g/mol. The molecule has 0 unspecified atom stereocenters. The summed E-state index contributed by atoms with van der Waals surface area (Å²) in [4.78, 5) is 6.57. The van der Waals surface area contributed by atoms with Gasteiger partial charge in [-0.05, 0) is 30.0 Å². The van der Waals surface area contributed by atoms with Crippen LogP contribution in [0, 0.1) is 5.41 Å². The molecule has 0 saturated heterocycles. The molecule has 2 heterocycles. The maximum Gasteiger partial charge on any atom is 0.148 e. The molecule has 0 bridgehead atoms. The van der Waals surface area contributed by atoms with E-state index in [1.807, 2.05) is 0 Å². The largest absolute Gasteiger partial charge is 0.384 e. The van der Waals surface area contributed by atoms with Gasteiger partial charge < -0.3 is 10.6 Å².